The Labute approximate surface area is 126 Å². The standard InChI is InChI=1S/C15H14ClN3O2/c1-2-11-15(21)19(8-13(20)18-11)12-6-5-10(16)9-4-3-7-17-14(9)12/h3-7,11H,2,8H2,1H3,(H,18,20). The van der Waals surface area contributed by atoms with E-state index in [0.29, 0.717) is 22.6 Å². The van der Waals surface area contributed by atoms with Gasteiger partial charge in [0.25, 0.3) is 0 Å². The molecule has 0 bridgehead atoms. The van der Waals surface area contributed by atoms with Crippen LogP contribution in [0, 0.1) is 0 Å². The molecule has 0 aliphatic carbocycles. The molecule has 108 valence electrons. The average molecular weight is 304 g/mol. The molecule has 1 aromatic heterocycles. The zero-order valence-corrected chi connectivity index (χ0v) is 12.2. The number of fused-ring (bicyclic) bond motifs is 1. The van der Waals surface area contributed by atoms with Crippen molar-refractivity contribution in [3.05, 3.63) is 35.5 Å². The van der Waals surface area contributed by atoms with E-state index < -0.39 is 6.04 Å². The number of piperazine rings is 1. The molecule has 1 atom stereocenters. The highest BCUT2D eigenvalue weighted by Gasteiger charge is 2.33. The fraction of sp³-hybridized carbons (Fsp3) is 0.267. The second-order valence-electron chi connectivity index (χ2n) is 4.92. The molecule has 1 aromatic carbocycles. The number of halogens is 1. The van der Waals surface area contributed by atoms with Gasteiger partial charge >= 0.3 is 0 Å². The monoisotopic (exact) mass is 303 g/mol. The minimum Gasteiger partial charge on any atom is -0.343 e. The first-order valence-corrected chi connectivity index (χ1v) is 7.13. The number of hydrogen-bond donors (Lipinski definition) is 1. The molecule has 5 nitrogen and oxygen atoms in total. The van der Waals surface area contributed by atoms with Crippen molar-refractivity contribution in [2.24, 2.45) is 0 Å². The molecule has 1 fully saturated rings. The first kappa shape index (κ1) is 13.8. The summed E-state index contributed by atoms with van der Waals surface area (Å²) < 4.78 is 0. The van der Waals surface area contributed by atoms with Gasteiger partial charge in [-0.15, -0.1) is 0 Å². The second-order valence-corrected chi connectivity index (χ2v) is 5.33. The van der Waals surface area contributed by atoms with Gasteiger partial charge in [-0.1, -0.05) is 18.5 Å². The molecule has 1 saturated heterocycles. The van der Waals surface area contributed by atoms with Gasteiger partial charge in [-0.25, -0.2) is 0 Å². The van der Waals surface area contributed by atoms with Gasteiger partial charge in [0.15, 0.2) is 0 Å². The predicted octanol–water partition coefficient (Wildman–Crippen LogP) is 2.13. The number of hydrogen-bond acceptors (Lipinski definition) is 3. The van der Waals surface area contributed by atoms with E-state index in [-0.39, 0.29) is 18.4 Å². The number of nitrogens with zero attached hydrogens (tertiary/aromatic N) is 2. The first-order valence-electron chi connectivity index (χ1n) is 6.75. The van der Waals surface area contributed by atoms with Crippen LogP contribution in [-0.4, -0.2) is 29.4 Å². The molecule has 1 aliphatic heterocycles. The quantitative estimate of drug-likeness (QED) is 0.924. The lowest BCUT2D eigenvalue weighted by Crippen LogP contribution is -2.58. The molecule has 1 unspecified atom stereocenters. The van der Waals surface area contributed by atoms with E-state index in [4.69, 9.17) is 11.6 Å². The molecule has 0 spiro atoms. The van der Waals surface area contributed by atoms with Crippen LogP contribution in [0.25, 0.3) is 10.9 Å². The summed E-state index contributed by atoms with van der Waals surface area (Å²) in [5, 5.41) is 4.04. The van der Waals surface area contributed by atoms with Gasteiger partial charge in [0.1, 0.15) is 12.6 Å². The number of rotatable bonds is 2. The molecule has 6 heteroatoms. The van der Waals surface area contributed by atoms with E-state index in [1.54, 1.807) is 24.4 Å². The molecule has 21 heavy (non-hydrogen) atoms. The highest BCUT2D eigenvalue weighted by Crippen LogP contribution is 2.31. The molecule has 2 heterocycles. The lowest BCUT2D eigenvalue weighted by Gasteiger charge is -2.32. The number of nitrogens with one attached hydrogen (secondary N) is 1. The first-order chi connectivity index (χ1) is 10.1. The van der Waals surface area contributed by atoms with Gasteiger partial charge in [-0.05, 0) is 30.7 Å². The number of amides is 2. The number of carbonyl (C=O) groups is 2. The van der Waals surface area contributed by atoms with Crippen LogP contribution < -0.4 is 10.2 Å². The fourth-order valence-corrected chi connectivity index (χ4v) is 2.75. The second kappa shape index (κ2) is 5.33. The number of aromatic nitrogens is 1. The topological polar surface area (TPSA) is 62.3 Å². The summed E-state index contributed by atoms with van der Waals surface area (Å²) in [6, 6.07) is 6.61. The third-order valence-corrected chi connectivity index (χ3v) is 3.92. The molecule has 2 amide bonds. The summed E-state index contributed by atoms with van der Waals surface area (Å²) >= 11 is 6.17. The van der Waals surface area contributed by atoms with Crippen molar-refractivity contribution in [2.75, 3.05) is 11.4 Å². The van der Waals surface area contributed by atoms with E-state index >= 15 is 0 Å². The Hall–Kier alpha value is -2.14. The maximum Gasteiger partial charge on any atom is 0.250 e. The fourth-order valence-electron chi connectivity index (χ4n) is 2.53. The van der Waals surface area contributed by atoms with E-state index in [0.717, 1.165) is 5.39 Å². The molecule has 2 aromatic rings. The van der Waals surface area contributed by atoms with E-state index in [1.807, 2.05) is 13.0 Å². The Bertz CT molecular complexity index is 732. The minimum atomic E-state index is -0.485. The Balaban J connectivity index is 2.13. The summed E-state index contributed by atoms with van der Waals surface area (Å²) in [5.74, 6) is -0.285. The number of pyridine rings is 1. The van der Waals surface area contributed by atoms with Gasteiger partial charge < -0.3 is 5.32 Å². The Morgan fingerprint density at radius 2 is 2.19 bits per heavy atom. The van der Waals surface area contributed by atoms with Crippen molar-refractivity contribution in [1.29, 1.82) is 0 Å². The van der Waals surface area contributed by atoms with E-state index in [1.165, 1.54) is 4.90 Å². The third-order valence-electron chi connectivity index (χ3n) is 3.60. The molecular weight excluding hydrogens is 290 g/mol. The maximum atomic E-state index is 12.5. The normalized spacial score (nSPS) is 19.0. The summed E-state index contributed by atoms with van der Waals surface area (Å²) in [6.45, 7) is 1.87. The average Bonchev–Trinajstić information content (AvgIpc) is 2.50. The Morgan fingerprint density at radius 3 is 2.95 bits per heavy atom. The Kier molecular flexibility index (Phi) is 3.51. The van der Waals surface area contributed by atoms with Crippen molar-refractivity contribution in [3.8, 4) is 0 Å². The van der Waals surface area contributed by atoms with Crippen LogP contribution in [-0.2, 0) is 9.59 Å². The number of anilines is 1. The van der Waals surface area contributed by atoms with Crippen molar-refractivity contribution in [3.63, 3.8) is 0 Å². The highest BCUT2D eigenvalue weighted by atomic mass is 35.5. The zero-order valence-electron chi connectivity index (χ0n) is 11.5. The van der Waals surface area contributed by atoms with Gasteiger partial charge in [0.2, 0.25) is 11.8 Å². The van der Waals surface area contributed by atoms with Crippen molar-refractivity contribution in [2.45, 2.75) is 19.4 Å². The zero-order chi connectivity index (χ0) is 15.0. The van der Waals surface area contributed by atoms with Gasteiger partial charge in [0, 0.05) is 11.6 Å². The number of benzene rings is 1. The molecule has 1 aliphatic rings. The molecule has 3 rings (SSSR count). The SMILES string of the molecule is CCC1NC(=O)CN(c2ccc(Cl)c3cccnc23)C1=O. The van der Waals surface area contributed by atoms with Gasteiger partial charge in [0.05, 0.1) is 16.2 Å². The van der Waals surface area contributed by atoms with Crippen molar-refractivity contribution < 1.29 is 9.59 Å². The van der Waals surface area contributed by atoms with Crippen LogP contribution in [0.5, 0.6) is 0 Å². The van der Waals surface area contributed by atoms with Crippen LogP contribution in [0.4, 0.5) is 5.69 Å². The minimum absolute atomic E-state index is 0.00262. The summed E-state index contributed by atoms with van der Waals surface area (Å²) in [6.07, 6.45) is 2.20. The molecule has 0 saturated carbocycles. The lowest BCUT2D eigenvalue weighted by molar-refractivity contribution is -0.131. The summed E-state index contributed by atoms with van der Waals surface area (Å²) in [7, 11) is 0. The molecule has 1 N–H and O–H groups in total. The van der Waals surface area contributed by atoms with Crippen LogP contribution in [0.3, 0.4) is 0 Å². The lowest BCUT2D eigenvalue weighted by atomic mass is 10.1. The van der Waals surface area contributed by atoms with Crippen LogP contribution in [0.2, 0.25) is 5.02 Å². The highest BCUT2D eigenvalue weighted by molar-refractivity contribution is 6.36. The van der Waals surface area contributed by atoms with Gasteiger partial charge in [-0.3, -0.25) is 19.5 Å². The summed E-state index contributed by atoms with van der Waals surface area (Å²) in [5.41, 5.74) is 1.25. The molecule has 0 radical (unpaired) electrons. The molecular formula is C15H14ClN3O2. The van der Waals surface area contributed by atoms with E-state index in [9.17, 15) is 9.59 Å². The van der Waals surface area contributed by atoms with Crippen LogP contribution in [0.15, 0.2) is 30.5 Å². The van der Waals surface area contributed by atoms with Crippen molar-refractivity contribution in [1.82, 2.24) is 10.3 Å². The van der Waals surface area contributed by atoms with Gasteiger partial charge in [-0.2, -0.15) is 0 Å². The smallest absolute Gasteiger partial charge is 0.250 e. The number of carbonyl (C=O) groups excluding carboxylic acids is 2. The van der Waals surface area contributed by atoms with E-state index in [2.05, 4.69) is 10.3 Å². The maximum absolute atomic E-state index is 12.5. The predicted molar refractivity (Wildman–Crippen MR) is 81.3 cm³/mol. The van der Waals surface area contributed by atoms with Crippen molar-refractivity contribution >= 4 is 40.0 Å². The largest absolute Gasteiger partial charge is 0.343 e. The van der Waals surface area contributed by atoms with Crippen LogP contribution >= 0.6 is 11.6 Å². The third kappa shape index (κ3) is 2.34. The summed E-state index contributed by atoms with van der Waals surface area (Å²) in [4.78, 5) is 30.1. The Morgan fingerprint density at radius 1 is 1.38 bits per heavy atom. The van der Waals surface area contributed by atoms with Crippen LogP contribution in [0.1, 0.15) is 13.3 Å².